The molecule has 0 fully saturated rings. The molecule has 0 atom stereocenters. The molecule has 7 nitrogen and oxygen atoms in total. The average Bonchev–Trinajstić information content (AvgIpc) is 3.34. The van der Waals surface area contributed by atoms with Gasteiger partial charge in [0.2, 0.25) is 5.89 Å². The predicted octanol–water partition coefficient (Wildman–Crippen LogP) is 3.89. The van der Waals surface area contributed by atoms with Crippen LogP contribution >= 0.6 is 0 Å². The molecule has 0 aliphatic rings. The summed E-state index contributed by atoms with van der Waals surface area (Å²) in [6, 6.07) is 19.1. The molecule has 4 rings (SSSR count). The van der Waals surface area contributed by atoms with Crippen molar-refractivity contribution >= 4 is 0 Å². The summed E-state index contributed by atoms with van der Waals surface area (Å²) in [5.41, 5.74) is 3.14. The SMILES string of the molecule is Cc1oc(-c2ccccc2)nc1COc1cccc(-c2n[nH]nc2C#N)c1. The lowest BCUT2D eigenvalue weighted by atomic mass is 10.1. The third kappa shape index (κ3) is 3.41. The van der Waals surface area contributed by atoms with Crippen molar-refractivity contribution in [1.82, 2.24) is 20.4 Å². The molecule has 0 aliphatic heterocycles. The molecule has 4 aromatic rings. The van der Waals surface area contributed by atoms with Crippen LogP contribution in [0.4, 0.5) is 0 Å². The lowest BCUT2D eigenvalue weighted by molar-refractivity contribution is 0.299. The van der Waals surface area contributed by atoms with Gasteiger partial charge in [-0.2, -0.15) is 15.6 Å². The minimum atomic E-state index is 0.243. The van der Waals surface area contributed by atoms with Crippen molar-refractivity contribution < 1.29 is 9.15 Å². The topological polar surface area (TPSA) is 101 Å². The summed E-state index contributed by atoms with van der Waals surface area (Å²) in [6.45, 7) is 2.14. The predicted molar refractivity (Wildman–Crippen MR) is 97.5 cm³/mol. The minimum absolute atomic E-state index is 0.243. The minimum Gasteiger partial charge on any atom is -0.487 e. The largest absolute Gasteiger partial charge is 0.487 e. The number of aromatic nitrogens is 4. The molecule has 2 aromatic carbocycles. The maximum absolute atomic E-state index is 9.09. The Kier molecular flexibility index (Phi) is 4.37. The van der Waals surface area contributed by atoms with Gasteiger partial charge in [-0.1, -0.05) is 30.3 Å². The number of hydrogen-bond donors (Lipinski definition) is 1. The zero-order valence-electron chi connectivity index (χ0n) is 14.5. The molecule has 0 saturated carbocycles. The van der Waals surface area contributed by atoms with Gasteiger partial charge in [0.1, 0.15) is 35.6 Å². The first-order chi connectivity index (χ1) is 13.2. The van der Waals surface area contributed by atoms with E-state index in [-0.39, 0.29) is 12.3 Å². The quantitative estimate of drug-likeness (QED) is 0.581. The standard InChI is InChI=1S/C20H15N5O2/c1-13-18(22-20(27-13)14-6-3-2-4-7-14)12-26-16-9-5-8-15(10-16)19-17(11-21)23-25-24-19/h2-10H,12H2,1H3,(H,23,24,25). The zero-order valence-corrected chi connectivity index (χ0v) is 14.5. The number of rotatable bonds is 5. The van der Waals surface area contributed by atoms with Gasteiger partial charge < -0.3 is 9.15 Å². The Labute approximate surface area is 155 Å². The number of nitrogens with zero attached hydrogens (tertiary/aromatic N) is 4. The lowest BCUT2D eigenvalue weighted by Crippen LogP contribution is -1.98. The fraction of sp³-hybridized carbons (Fsp3) is 0.100. The van der Waals surface area contributed by atoms with E-state index in [0.717, 1.165) is 16.8 Å². The third-order valence-corrected chi connectivity index (χ3v) is 4.05. The van der Waals surface area contributed by atoms with Crippen molar-refractivity contribution in [3.8, 4) is 34.5 Å². The van der Waals surface area contributed by atoms with Crippen molar-refractivity contribution in [2.45, 2.75) is 13.5 Å². The van der Waals surface area contributed by atoms with Crippen LogP contribution in [0, 0.1) is 18.3 Å². The second-order valence-corrected chi connectivity index (χ2v) is 5.84. The van der Waals surface area contributed by atoms with Crippen LogP contribution in [0.1, 0.15) is 17.1 Å². The van der Waals surface area contributed by atoms with Crippen LogP contribution in [0.5, 0.6) is 5.75 Å². The highest BCUT2D eigenvalue weighted by molar-refractivity contribution is 5.65. The van der Waals surface area contributed by atoms with Gasteiger partial charge in [-0.3, -0.25) is 0 Å². The molecule has 7 heteroatoms. The van der Waals surface area contributed by atoms with E-state index >= 15 is 0 Å². The van der Waals surface area contributed by atoms with Crippen molar-refractivity contribution in [2.75, 3.05) is 0 Å². The number of hydrogen-bond acceptors (Lipinski definition) is 6. The van der Waals surface area contributed by atoms with Crippen LogP contribution in [-0.4, -0.2) is 20.4 Å². The van der Waals surface area contributed by atoms with E-state index in [1.165, 1.54) is 0 Å². The first kappa shape index (κ1) is 16.5. The Bertz CT molecular complexity index is 1110. The van der Waals surface area contributed by atoms with Crippen LogP contribution < -0.4 is 4.74 Å². The highest BCUT2D eigenvalue weighted by atomic mass is 16.5. The van der Waals surface area contributed by atoms with E-state index in [1.807, 2.05) is 67.6 Å². The molecule has 0 saturated heterocycles. The fourth-order valence-corrected chi connectivity index (χ4v) is 2.66. The molecule has 132 valence electrons. The Hall–Kier alpha value is -3.92. The second kappa shape index (κ2) is 7.14. The number of oxazole rings is 1. The van der Waals surface area contributed by atoms with Crippen LogP contribution in [0.2, 0.25) is 0 Å². The number of benzene rings is 2. The van der Waals surface area contributed by atoms with Crippen molar-refractivity contribution in [1.29, 1.82) is 5.26 Å². The van der Waals surface area contributed by atoms with Gasteiger partial charge in [-0.05, 0) is 31.2 Å². The number of nitrogens with one attached hydrogen (secondary N) is 1. The molecule has 0 amide bonds. The molecule has 0 radical (unpaired) electrons. The van der Waals surface area contributed by atoms with E-state index in [1.54, 1.807) is 0 Å². The molecule has 0 aliphatic carbocycles. The molecular weight excluding hydrogens is 342 g/mol. The summed E-state index contributed by atoms with van der Waals surface area (Å²) < 4.78 is 11.6. The third-order valence-electron chi connectivity index (χ3n) is 4.05. The summed E-state index contributed by atoms with van der Waals surface area (Å²) >= 11 is 0. The normalized spacial score (nSPS) is 10.5. The number of ether oxygens (including phenoxy) is 1. The number of aromatic amines is 1. The van der Waals surface area contributed by atoms with Gasteiger partial charge in [0, 0.05) is 11.1 Å². The van der Waals surface area contributed by atoms with Crippen LogP contribution in [0.25, 0.3) is 22.7 Å². The van der Waals surface area contributed by atoms with E-state index in [2.05, 4.69) is 20.4 Å². The summed E-state index contributed by atoms with van der Waals surface area (Å²) in [6.07, 6.45) is 0. The van der Waals surface area contributed by atoms with E-state index < -0.39 is 0 Å². The fourth-order valence-electron chi connectivity index (χ4n) is 2.66. The first-order valence-electron chi connectivity index (χ1n) is 8.30. The number of aryl methyl sites for hydroxylation is 1. The van der Waals surface area contributed by atoms with Crippen LogP contribution in [-0.2, 0) is 6.61 Å². The van der Waals surface area contributed by atoms with Crippen LogP contribution in [0.15, 0.2) is 59.0 Å². The molecule has 27 heavy (non-hydrogen) atoms. The Balaban J connectivity index is 1.52. The summed E-state index contributed by atoms with van der Waals surface area (Å²) in [5.74, 6) is 1.93. The Morgan fingerprint density at radius 2 is 1.89 bits per heavy atom. The van der Waals surface area contributed by atoms with Gasteiger partial charge in [0.25, 0.3) is 0 Å². The molecule has 0 spiro atoms. The maximum atomic E-state index is 9.09. The van der Waals surface area contributed by atoms with Gasteiger partial charge in [-0.25, -0.2) is 4.98 Å². The molecular formula is C20H15N5O2. The van der Waals surface area contributed by atoms with Crippen molar-refractivity contribution in [2.24, 2.45) is 0 Å². The van der Waals surface area contributed by atoms with Crippen molar-refractivity contribution in [3.63, 3.8) is 0 Å². The van der Waals surface area contributed by atoms with Crippen molar-refractivity contribution in [3.05, 3.63) is 71.7 Å². The number of nitriles is 1. The molecule has 0 bridgehead atoms. The Morgan fingerprint density at radius 3 is 2.70 bits per heavy atom. The molecule has 2 aromatic heterocycles. The highest BCUT2D eigenvalue weighted by Gasteiger charge is 2.13. The first-order valence-corrected chi connectivity index (χ1v) is 8.30. The van der Waals surface area contributed by atoms with E-state index in [4.69, 9.17) is 14.4 Å². The molecule has 1 N–H and O–H groups in total. The summed E-state index contributed by atoms with van der Waals surface area (Å²) in [7, 11) is 0. The second-order valence-electron chi connectivity index (χ2n) is 5.84. The lowest BCUT2D eigenvalue weighted by Gasteiger charge is -2.06. The van der Waals surface area contributed by atoms with Gasteiger partial charge in [-0.15, -0.1) is 5.10 Å². The zero-order chi connectivity index (χ0) is 18.6. The maximum Gasteiger partial charge on any atom is 0.226 e. The molecule has 2 heterocycles. The van der Waals surface area contributed by atoms with E-state index in [9.17, 15) is 0 Å². The van der Waals surface area contributed by atoms with Gasteiger partial charge >= 0.3 is 0 Å². The number of H-pyrrole nitrogens is 1. The highest BCUT2D eigenvalue weighted by Crippen LogP contribution is 2.26. The van der Waals surface area contributed by atoms with Gasteiger partial charge in [0.05, 0.1) is 0 Å². The molecule has 0 unspecified atom stereocenters. The van der Waals surface area contributed by atoms with E-state index in [0.29, 0.717) is 23.1 Å². The monoisotopic (exact) mass is 357 g/mol. The average molecular weight is 357 g/mol. The smallest absolute Gasteiger partial charge is 0.226 e. The van der Waals surface area contributed by atoms with Crippen LogP contribution in [0.3, 0.4) is 0 Å². The summed E-state index contributed by atoms with van der Waals surface area (Å²) in [5, 5.41) is 19.4. The van der Waals surface area contributed by atoms with Gasteiger partial charge in [0.15, 0.2) is 5.69 Å². The summed E-state index contributed by atoms with van der Waals surface area (Å²) in [4.78, 5) is 4.53. The Morgan fingerprint density at radius 1 is 1.07 bits per heavy atom.